The molecule has 1 N–H and O–H groups in total. The lowest BCUT2D eigenvalue weighted by atomic mass is 10.1. The average Bonchev–Trinajstić information content (AvgIpc) is 2.14. The molecule has 0 aliphatic carbocycles. The molecule has 1 heterocycles. The number of carbonyl (C=O) groups is 1. The van der Waals surface area contributed by atoms with Crippen molar-refractivity contribution in [2.24, 2.45) is 0 Å². The Kier molecular flexibility index (Phi) is 4.12. The number of halogens is 3. The number of hydrogen-bond donors (Lipinski definition) is 1. The van der Waals surface area contributed by atoms with Crippen LogP contribution in [0.5, 0.6) is 0 Å². The third kappa shape index (κ3) is 2.85. The zero-order valence-corrected chi connectivity index (χ0v) is 9.90. The van der Waals surface area contributed by atoms with Crippen LogP contribution in [-0.4, -0.2) is 16.1 Å². The minimum atomic E-state index is -2.80. The van der Waals surface area contributed by atoms with Crippen molar-refractivity contribution in [1.82, 2.24) is 4.98 Å². The van der Waals surface area contributed by atoms with Gasteiger partial charge in [0.2, 0.25) is 0 Å². The molecule has 84 valence electrons. The van der Waals surface area contributed by atoms with E-state index in [4.69, 9.17) is 10.4 Å². The fraction of sp³-hybridized carbons (Fsp3) is 0.222. The number of nitrogens with zero attached hydrogens (tertiary/aromatic N) is 2. The monoisotopic (exact) mass is 338 g/mol. The fourth-order valence-electron chi connectivity index (χ4n) is 1.14. The Bertz CT molecular complexity index is 471. The second kappa shape index (κ2) is 5.16. The van der Waals surface area contributed by atoms with E-state index in [1.54, 1.807) is 28.7 Å². The molecule has 0 bridgehead atoms. The Balaban J connectivity index is 3.35. The van der Waals surface area contributed by atoms with Crippen LogP contribution >= 0.6 is 22.6 Å². The Morgan fingerprint density at radius 1 is 1.69 bits per heavy atom. The summed E-state index contributed by atoms with van der Waals surface area (Å²) in [6.07, 6.45) is -3.42. The molecule has 0 aromatic carbocycles. The molecule has 0 aliphatic rings. The van der Waals surface area contributed by atoms with Gasteiger partial charge in [-0.05, 0) is 28.7 Å². The minimum Gasteiger partial charge on any atom is -0.481 e. The van der Waals surface area contributed by atoms with Crippen molar-refractivity contribution in [2.45, 2.75) is 12.8 Å². The summed E-state index contributed by atoms with van der Waals surface area (Å²) in [5, 5.41) is 17.2. The predicted molar refractivity (Wildman–Crippen MR) is 58.0 cm³/mol. The normalized spacial score (nSPS) is 10.2. The van der Waals surface area contributed by atoms with Gasteiger partial charge in [0, 0.05) is 3.57 Å². The lowest BCUT2D eigenvalue weighted by Gasteiger charge is -2.08. The maximum absolute atomic E-state index is 12.7. The second-order valence-electron chi connectivity index (χ2n) is 2.83. The highest BCUT2D eigenvalue weighted by Gasteiger charge is 2.21. The van der Waals surface area contributed by atoms with Gasteiger partial charge < -0.3 is 5.11 Å². The summed E-state index contributed by atoms with van der Waals surface area (Å²) in [4.78, 5) is 14.1. The maximum Gasteiger partial charge on any atom is 0.309 e. The van der Waals surface area contributed by atoms with Gasteiger partial charge in [-0.3, -0.25) is 4.79 Å². The van der Waals surface area contributed by atoms with Gasteiger partial charge in [-0.15, -0.1) is 0 Å². The van der Waals surface area contributed by atoms with Gasteiger partial charge in [0.05, 0.1) is 17.7 Å². The largest absolute Gasteiger partial charge is 0.481 e. The molecular formula is C9H5F2IN2O2. The van der Waals surface area contributed by atoms with Crippen molar-refractivity contribution in [2.75, 3.05) is 0 Å². The quantitative estimate of drug-likeness (QED) is 0.857. The SMILES string of the molecule is N#Cc1cc(I)c(C(F)F)c(CC(=O)O)n1. The van der Waals surface area contributed by atoms with Crippen LogP contribution in [0.15, 0.2) is 6.07 Å². The van der Waals surface area contributed by atoms with Crippen LogP contribution in [0.3, 0.4) is 0 Å². The Morgan fingerprint density at radius 3 is 2.75 bits per heavy atom. The minimum absolute atomic E-state index is 0.0648. The number of carboxylic acid groups (broad SMARTS) is 1. The molecule has 0 amide bonds. The zero-order chi connectivity index (χ0) is 12.3. The maximum atomic E-state index is 12.7. The third-order valence-electron chi connectivity index (χ3n) is 1.74. The van der Waals surface area contributed by atoms with Crippen LogP contribution in [0.2, 0.25) is 0 Å². The Labute approximate surface area is 103 Å². The average molecular weight is 338 g/mol. The first-order valence-corrected chi connectivity index (χ1v) is 5.13. The van der Waals surface area contributed by atoms with Gasteiger partial charge in [-0.2, -0.15) is 5.26 Å². The van der Waals surface area contributed by atoms with Gasteiger partial charge in [0.25, 0.3) is 6.43 Å². The molecule has 1 aromatic rings. The third-order valence-corrected chi connectivity index (χ3v) is 2.63. The van der Waals surface area contributed by atoms with Crippen molar-refractivity contribution in [3.8, 4) is 6.07 Å². The molecule has 4 nitrogen and oxygen atoms in total. The second-order valence-corrected chi connectivity index (χ2v) is 3.99. The first-order chi connectivity index (χ1) is 7.45. The van der Waals surface area contributed by atoms with Crippen LogP contribution in [0.1, 0.15) is 23.4 Å². The molecule has 0 saturated carbocycles. The Morgan fingerprint density at radius 2 is 2.31 bits per heavy atom. The molecule has 0 fully saturated rings. The summed E-state index contributed by atoms with van der Waals surface area (Å²) in [5.41, 5.74) is -0.738. The number of hydrogen-bond acceptors (Lipinski definition) is 3. The number of aromatic nitrogens is 1. The lowest BCUT2D eigenvalue weighted by Crippen LogP contribution is -2.09. The van der Waals surface area contributed by atoms with Crippen molar-refractivity contribution < 1.29 is 18.7 Å². The van der Waals surface area contributed by atoms with Crippen molar-refractivity contribution in [1.29, 1.82) is 5.26 Å². The molecule has 1 rings (SSSR count). The van der Waals surface area contributed by atoms with Gasteiger partial charge in [-0.1, -0.05) is 0 Å². The van der Waals surface area contributed by atoms with E-state index >= 15 is 0 Å². The number of aliphatic carboxylic acids is 1. The molecule has 7 heteroatoms. The number of rotatable bonds is 3. The molecule has 0 unspecified atom stereocenters. The number of pyridine rings is 1. The van der Waals surface area contributed by atoms with Gasteiger partial charge in [0.1, 0.15) is 11.8 Å². The van der Waals surface area contributed by atoms with Crippen molar-refractivity contribution >= 4 is 28.6 Å². The fourth-order valence-corrected chi connectivity index (χ4v) is 1.98. The number of carboxylic acids is 1. The molecule has 1 aromatic heterocycles. The molecule has 0 saturated heterocycles. The van der Waals surface area contributed by atoms with E-state index in [9.17, 15) is 13.6 Å². The van der Waals surface area contributed by atoms with E-state index in [0.717, 1.165) is 0 Å². The molecule has 0 aliphatic heterocycles. The molecular weight excluding hydrogens is 333 g/mol. The lowest BCUT2D eigenvalue weighted by molar-refractivity contribution is -0.136. The van der Waals surface area contributed by atoms with E-state index in [2.05, 4.69) is 4.98 Å². The van der Waals surface area contributed by atoms with Gasteiger partial charge >= 0.3 is 5.97 Å². The summed E-state index contributed by atoms with van der Waals surface area (Å²) in [6.45, 7) is 0. The van der Waals surface area contributed by atoms with E-state index in [1.807, 2.05) is 0 Å². The molecule has 0 radical (unpaired) electrons. The summed E-state index contributed by atoms with van der Waals surface area (Å²) < 4.78 is 25.5. The van der Waals surface area contributed by atoms with E-state index in [-0.39, 0.29) is 15.0 Å². The molecule has 0 spiro atoms. The Hall–Kier alpha value is -1.30. The highest BCUT2D eigenvalue weighted by molar-refractivity contribution is 14.1. The van der Waals surface area contributed by atoms with E-state index in [0.29, 0.717) is 0 Å². The number of alkyl halides is 2. The molecule has 16 heavy (non-hydrogen) atoms. The van der Waals surface area contributed by atoms with Crippen LogP contribution in [0.25, 0.3) is 0 Å². The van der Waals surface area contributed by atoms with Crippen molar-refractivity contribution in [3.05, 3.63) is 26.6 Å². The van der Waals surface area contributed by atoms with Crippen LogP contribution in [0, 0.1) is 14.9 Å². The van der Waals surface area contributed by atoms with E-state index < -0.39 is 24.4 Å². The predicted octanol–water partition coefficient (Wildman–Crippen LogP) is 2.12. The van der Waals surface area contributed by atoms with Crippen molar-refractivity contribution in [3.63, 3.8) is 0 Å². The van der Waals surface area contributed by atoms with E-state index in [1.165, 1.54) is 6.07 Å². The number of nitriles is 1. The van der Waals surface area contributed by atoms with Crippen LogP contribution in [-0.2, 0) is 11.2 Å². The summed E-state index contributed by atoms with van der Waals surface area (Å²) in [5.74, 6) is -1.26. The highest BCUT2D eigenvalue weighted by atomic mass is 127. The van der Waals surface area contributed by atoms with Crippen LogP contribution < -0.4 is 0 Å². The first kappa shape index (κ1) is 12.8. The smallest absolute Gasteiger partial charge is 0.309 e. The van der Waals surface area contributed by atoms with Gasteiger partial charge in [0.15, 0.2) is 0 Å². The standard InChI is InChI=1S/C9H5F2IN2O2/c10-9(11)8-5(12)1-4(3-13)14-6(8)2-7(15)16/h1,9H,2H2,(H,15,16). The molecule has 0 atom stereocenters. The topological polar surface area (TPSA) is 74.0 Å². The first-order valence-electron chi connectivity index (χ1n) is 4.05. The van der Waals surface area contributed by atoms with Crippen LogP contribution in [0.4, 0.5) is 8.78 Å². The summed E-state index contributed by atoms with van der Waals surface area (Å²) in [7, 11) is 0. The summed E-state index contributed by atoms with van der Waals surface area (Å²) in [6, 6.07) is 2.90. The van der Waals surface area contributed by atoms with Gasteiger partial charge in [-0.25, -0.2) is 13.8 Å². The highest BCUT2D eigenvalue weighted by Crippen LogP contribution is 2.28. The zero-order valence-electron chi connectivity index (χ0n) is 7.75. The summed E-state index contributed by atoms with van der Waals surface area (Å²) >= 11 is 1.63.